The largest absolute Gasteiger partial charge is 0.462 e. The van der Waals surface area contributed by atoms with Crippen LogP contribution in [0.1, 0.15) is 42.1 Å². The molecule has 0 spiro atoms. The number of anilines is 1. The molecule has 0 atom stereocenters. The number of hydrogen-bond donors (Lipinski definition) is 2. The Morgan fingerprint density at radius 2 is 2.13 bits per heavy atom. The number of nitrogens with two attached hydrogens (primary N) is 1. The van der Waals surface area contributed by atoms with Gasteiger partial charge in [0.15, 0.2) is 5.82 Å². The SMILES string of the molecule is CCOC(=O)c1c(N)c2ccc(C34CC(C3)C4)c(F)c2[nH]c1=O. The van der Waals surface area contributed by atoms with Crippen molar-refractivity contribution < 1.29 is 13.9 Å². The Kier molecular flexibility index (Phi) is 2.83. The molecule has 3 fully saturated rings. The molecule has 1 aromatic carbocycles. The topological polar surface area (TPSA) is 85.2 Å². The third-order valence-electron chi connectivity index (χ3n) is 5.26. The molecule has 6 heteroatoms. The highest BCUT2D eigenvalue weighted by Gasteiger charge is 2.58. The highest BCUT2D eigenvalue weighted by atomic mass is 19.1. The number of aromatic amines is 1. The van der Waals surface area contributed by atoms with Crippen LogP contribution in [0, 0.1) is 11.7 Å². The average Bonchev–Trinajstić information content (AvgIpc) is 2.39. The normalized spacial score (nSPS) is 24.9. The number of nitrogen functional groups attached to an aromatic ring is 1. The van der Waals surface area contributed by atoms with E-state index in [2.05, 4.69) is 4.98 Å². The zero-order valence-corrected chi connectivity index (χ0v) is 12.7. The molecule has 5 nitrogen and oxygen atoms in total. The number of pyridine rings is 1. The van der Waals surface area contributed by atoms with E-state index in [-0.39, 0.29) is 28.8 Å². The number of halogens is 1. The number of carbonyl (C=O) groups is 1. The van der Waals surface area contributed by atoms with Gasteiger partial charge in [-0.3, -0.25) is 4.79 Å². The molecule has 0 amide bonds. The number of carbonyl (C=O) groups excluding carboxylic acids is 1. The van der Waals surface area contributed by atoms with Gasteiger partial charge in [-0.05, 0) is 43.1 Å². The van der Waals surface area contributed by atoms with Gasteiger partial charge in [-0.2, -0.15) is 0 Å². The summed E-state index contributed by atoms with van der Waals surface area (Å²) in [5.41, 5.74) is 5.58. The molecule has 5 rings (SSSR count). The summed E-state index contributed by atoms with van der Waals surface area (Å²) in [6.07, 6.45) is 3.03. The molecule has 2 aromatic rings. The molecule has 0 saturated heterocycles. The number of aromatic nitrogens is 1. The van der Waals surface area contributed by atoms with Crippen molar-refractivity contribution in [2.24, 2.45) is 5.92 Å². The minimum absolute atomic E-state index is 0.0368. The summed E-state index contributed by atoms with van der Waals surface area (Å²) < 4.78 is 19.8. The van der Waals surface area contributed by atoms with Crippen LogP contribution in [0.15, 0.2) is 16.9 Å². The van der Waals surface area contributed by atoms with E-state index in [0.29, 0.717) is 10.9 Å². The molecule has 0 unspecified atom stereocenters. The number of rotatable bonds is 3. The van der Waals surface area contributed by atoms with Crippen LogP contribution in [0.3, 0.4) is 0 Å². The Labute approximate surface area is 131 Å². The lowest BCUT2D eigenvalue weighted by Crippen LogP contribution is -2.55. The molecule has 1 aromatic heterocycles. The first kappa shape index (κ1) is 14.2. The molecule has 3 aliphatic carbocycles. The Hall–Kier alpha value is -2.37. The Morgan fingerprint density at radius 1 is 1.43 bits per heavy atom. The highest BCUT2D eigenvalue weighted by molar-refractivity contribution is 6.04. The van der Waals surface area contributed by atoms with Crippen molar-refractivity contribution >= 4 is 22.6 Å². The second-order valence-electron chi connectivity index (χ2n) is 6.57. The minimum Gasteiger partial charge on any atom is -0.462 e. The maximum atomic E-state index is 14.9. The average molecular weight is 316 g/mol. The van der Waals surface area contributed by atoms with Gasteiger partial charge in [-0.1, -0.05) is 12.1 Å². The smallest absolute Gasteiger partial charge is 0.345 e. The van der Waals surface area contributed by atoms with Crippen molar-refractivity contribution in [3.05, 3.63) is 39.4 Å². The fourth-order valence-electron chi connectivity index (χ4n) is 3.98. The number of fused-ring (bicyclic) bond motifs is 1. The predicted molar refractivity (Wildman–Crippen MR) is 83.9 cm³/mol. The van der Waals surface area contributed by atoms with Crippen molar-refractivity contribution in [2.45, 2.75) is 31.6 Å². The number of nitrogens with one attached hydrogen (secondary N) is 1. The standard InChI is InChI=1S/C17H17FN2O3/c1-2-23-16(22)11-13(19)9-3-4-10(17-5-8(6-17)7-17)12(18)14(9)20-15(11)21/h3-4,8H,2,5-7H2,1H3,(H3,19,20,21). The van der Waals surface area contributed by atoms with Gasteiger partial charge in [0.2, 0.25) is 0 Å². The molecule has 23 heavy (non-hydrogen) atoms. The van der Waals surface area contributed by atoms with Gasteiger partial charge in [-0.25, -0.2) is 9.18 Å². The number of benzene rings is 1. The van der Waals surface area contributed by atoms with Crippen LogP contribution < -0.4 is 11.3 Å². The van der Waals surface area contributed by atoms with Crippen LogP contribution in [0.5, 0.6) is 0 Å². The molecule has 0 radical (unpaired) electrons. The molecule has 0 aliphatic heterocycles. The summed E-state index contributed by atoms with van der Waals surface area (Å²) in [5, 5.41) is 0.334. The molecule has 2 bridgehead atoms. The maximum absolute atomic E-state index is 14.9. The van der Waals surface area contributed by atoms with Crippen molar-refractivity contribution in [3.63, 3.8) is 0 Å². The quantitative estimate of drug-likeness (QED) is 0.852. The summed E-state index contributed by atoms with van der Waals surface area (Å²) in [5.74, 6) is -0.502. The second kappa shape index (κ2) is 4.57. The van der Waals surface area contributed by atoms with Gasteiger partial charge in [-0.15, -0.1) is 0 Å². The molecule has 120 valence electrons. The summed E-state index contributed by atoms with van der Waals surface area (Å²) in [4.78, 5) is 26.5. The van der Waals surface area contributed by atoms with Crippen molar-refractivity contribution in [1.29, 1.82) is 0 Å². The van der Waals surface area contributed by atoms with E-state index in [9.17, 15) is 14.0 Å². The predicted octanol–water partition coefficient (Wildman–Crippen LogP) is 2.48. The van der Waals surface area contributed by atoms with Crippen molar-refractivity contribution in [1.82, 2.24) is 4.98 Å². The van der Waals surface area contributed by atoms with Gasteiger partial charge in [0.25, 0.3) is 5.56 Å². The van der Waals surface area contributed by atoms with Crippen LogP contribution >= 0.6 is 0 Å². The minimum atomic E-state index is -0.794. The van der Waals surface area contributed by atoms with E-state index in [4.69, 9.17) is 10.5 Å². The molecule has 3 saturated carbocycles. The summed E-state index contributed by atoms with van der Waals surface area (Å²) in [6, 6.07) is 3.42. The lowest BCUT2D eigenvalue weighted by Gasteiger charge is -2.62. The zero-order valence-electron chi connectivity index (χ0n) is 12.7. The molecule has 3 N–H and O–H groups in total. The van der Waals surface area contributed by atoms with E-state index in [1.54, 1.807) is 19.1 Å². The zero-order chi connectivity index (χ0) is 16.4. The Bertz CT molecular complexity index is 886. The first-order valence-electron chi connectivity index (χ1n) is 7.78. The third-order valence-corrected chi connectivity index (χ3v) is 5.26. The van der Waals surface area contributed by atoms with Gasteiger partial charge in [0.1, 0.15) is 5.56 Å². The second-order valence-corrected chi connectivity index (χ2v) is 6.57. The highest BCUT2D eigenvalue weighted by Crippen LogP contribution is 2.65. The lowest BCUT2D eigenvalue weighted by atomic mass is 9.42. The van der Waals surface area contributed by atoms with Gasteiger partial charge >= 0.3 is 5.97 Å². The maximum Gasteiger partial charge on any atom is 0.345 e. The van der Waals surface area contributed by atoms with E-state index < -0.39 is 17.3 Å². The van der Waals surface area contributed by atoms with Crippen LogP contribution in [-0.2, 0) is 10.2 Å². The lowest BCUT2D eigenvalue weighted by molar-refractivity contribution is -0.0298. The van der Waals surface area contributed by atoms with E-state index in [0.717, 1.165) is 25.2 Å². The fourth-order valence-corrected chi connectivity index (χ4v) is 3.98. The first-order valence-corrected chi connectivity index (χ1v) is 7.78. The molecule has 3 aliphatic rings. The van der Waals surface area contributed by atoms with E-state index in [1.165, 1.54) is 0 Å². The number of ether oxygens (including phenoxy) is 1. The van der Waals surface area contributed by atoms with Crippen LogP contribution in [0.25, 0.3) is 10.9 Å². The molecular weight excluding hydrogens is 299 g/mol. The van der Waals surface area contributed by atoms with Crippen molar-refractivity contribution in [3.8, 4) is 0 Å². The van der Waals surface area contributed by atoms with Crippen LogP contribution in [0.4, 0.5) is 10.1 Å². The number of H-pyrrole nitrogens is 1. The number of esters is 1. The summed E-state index contributed by atoms with van der Waals surface area (Å²) in [6.45, 7) is 1.77. The molecular formula is C17H17FN2O3. The van der Waals surface area contributed by atoms with Crippen LogP contribution in [-0.4, -0.2) is 17.6 Å². The number of hydrogen-bond acceptors (Lipinski definition) is 4. The van der Waals surface area contributed by atoms with E-state index >= 15 is 0 Å². The van der Waals surface area contributed by atoms with Crippen molar-refractivity contribution in [2.75, 3.05) is 12.3 Å². The monoisotopic (exact) mass is 316 g/mol. The van der Waals surface area contributed by atoms with Crippen LogP contribution in [0.2, 0.25) is 0 Å². The van der Waals surface area contributed by atoms with Gasteiger partial charge in [0.05, 0.1) is 17.8 Å². The Morgan fingerprint density at radius 3 is 2.70 bits per heavy atom. The summed E-state index contributed by atoms with van der Waals surface area (Å²) >= 11 is 0. The van der Waals surface area contributed by atoms with E-state index in [1.807, 2.05) is 0 Å². The molecule has 1 heterocycles. The fraction of sp³-hybridized carbons (Fsp3) is 0.412. The van der Waals surface area contributed by atoms with Gasteiger partial charge in [0, 0.05) is 5.39 Å². The Balaban J connectivity index is 1.91. The summed E-state index contributed by atoms with van der Waals surface area (Å²) in [7, 11) is 0. The third kappa shape index (κ3) is 1.77. The van der Waals surface area contributed by atoms with Gasteiger partial charge < -0.3 is 15.5 Å². The first-order chi connectivity index (χ1) is 11.0.